The van der Waals surface area contributed by atoms with E-state index in [1.165, 1.54) is 31.4 Å². The van der Waals surface area contributed by atoms with Crippen LogP contribution in [0.4, 0.5) is 5.69 Å². The fourth-order valence-corrected chi connectivity index (χ4v) is 1.36. The van der Waals surface area contributed by atoms with E-state index in [-0.39, 0.29) is 11.1 Å². The number of carbonyl (C=O) groups is 1. The molecule has 0 spiro atoms. The zero-order valence-electron chi connectivity index (χ0n) is 9.12. The molecule has 2 atom stereocenters. The van der Waals surface area contributed by atoms with Crippen LogP contribution < -0.4 is 5.73 Å². The molecule has 90 valence electrons. The summed E-state index contributed by atoms with van der Waals surface area (Å²) in [5, 5.41) is 27.4. The molecule has 0 aliphatic carbocycles. The number of nitrogens with zero attached hydrogens (tertiary/aromatic N) is 1. The maximum absolute atomic E-state index is 11.4. The largest absolute Gasteiger partial charge is 0.465 e. The van der Waals surface area contributed by atoms with E-state index in [9.17, 15) is 15.0 Å². The van der Waals surface area contributed by atoms with Crippen LogP contribution in [0.25, 0.3) is 0 Å². The second-order valence-corrected chi connectivity index (χ2v) is 3.36. The first kappa shape index (κ1) is 13.0. The van der Waals surface area contributed by atoms with Crippen molar-refractivity contribution in [2.75, 3.05) is 12.8 Å². The van der Waals surface area contributed by atoms with Crippen molar-refractivity contribution < 1.29 is 19.7 Å². The third-order valence-corrected chi connectivity index (χ3v) is 2.23. The highest BCUT2D eigenvalue weighted by molar-refractivity contribution is 5.92. The Morgan fingerprint density at radius 2 is 2.18 bits per heavy atom. The Hall–Kier alpha value is -2.10. The number of aliphatic hydroxyl groups is 2. The molecule has 0 bridgehead atoms. The molecular formula is C11H12N2O4. The molecule has 0 radical (unpaired) electrons. The number of hydrogen-bond donors (Lipinski definition) is 3. The van der Waals surface area contributed by atoms with Crippen molar-refractivity contribution in [1.29, 1.82) is 5.26 Å². The Morgan fingerprint density at radius 3 is 2.71 bits per heavy atom. The third kappa shape index (κ3) is 2.72. The molecule has 0 heterocycles. The topological polar surface area (TPSA) is 117 Å². The highest BCUT2D eigenvalue weighted by Crippen LogP contribution is 2.23. The third-order valence-electron chi connectivity index (χ3n) is 2.23. The van der Waals surface area contributed by atoms with Gasteiger partial charge in [0, 0.05) is 5.69 Å². The molecule has 2 unspecified atom stereocenters. The van der Waals surface area contributed by atoms with Gasteiger partial charge in [-0.3, -0.25) is 0 Å². The number of nitriles is 1. The van der Waals surface area contributed by atoms with Crippen molar-refractivity contribution in [2.45, 2.75) is 12.2 Å². The zero-order valence-corrected chi connectivity index (χ0v) is 9.12. The molecule has 0 saturated carbocycles. The molecule has 1 aromatic carbocycles. The number of carbonyl (C=O) groups excluding carboxylic acids is 1. The first-order valence-electron chi connectivity index (χ1n) is 4.74. The number of rotatable bonds is 3. The lowest BCUT2D eigenvalue weighted by Crippen LogP contribution is -2.19. The molecule has 1 rings (SSSR count). The van der Waals surface area contributed by atoms with Crippen LogP contribution in [-0.2, 0) is 4.74 Å². The number of nitrogens with two attached hydrogens (primary N) is 1. The van der Waals surface area contributed by atoms with Gasteiger partial charge in [-0.05, 0) is 17.7 Å². The second kappa shape index (κ2) is 5.30. The smallest absolute Gasteiger partial charge is 0.338 e. The van der Waals surface area contributed by atoms with E-state index in [0.717, 1.165) is 0 Å². The van der Waals surface area contributed by atoms with Gasteiger partial charge < -0.3 is 20.7 Å². The van der Waals surface area contributed by atoms with Crippen LogP contribution in [0.3, 0.4) is 0 Å². The van der Waals surface area contributed by atoms with Crippen LogP contribution in [0.5, 0.6) is 0 Å². The average Bonchev–Trinajstić information content (AvgIpc) is 2.35. The lowest BCUT2D eigenvalue weighted by molar-refractivity contribution is 0.0478. The summed E-state index contributed by atoms with van der Waals surface area (Å²) in [6.07, 6.45) is -3.11. The summed E-state index contributed by atoms with van der Waals surface area (Å²) < 4.78 is 4.53. The number of methoxy groups -OCH3 is 1. The van der Waals surface area contributed by atoms with Gasteiger partial charge >= 0.3 is 5.97 Å². The predicted molar refractivity (Wildman–Crippen MR) is 58.8 cm³/mol. The summed E-state index contributed by atoms with van der Waals surface area (Å²) in [7, 11) is 1.18. The maximum atomic E-state index is 11.4. The molecule has 6 nitrogen and oxygen atoms in total. The van der Waals surface area contributed by atoms with Gasteiger partial charge in [-0.2, -0.15) is 5.26 Å². The first-order chi connectivity index (χ1) is 8.01. The van der Waals surface area contributed by atoms with Gasteiger partial charge in [-0.15, -0.1) is 0 Å². The van der Waals surface area contributed by atoms with Gasteiger partial charge in [0.1, 0.15) is 6.10 Å². The second-order valence-electron chi connectivity index (χ2n) is 3.36. The summed E-state index contributed by atoms with van der Waals surface area (Å²) >= 11 is 0. The Labute approximate surface area is 97.9 Å². The van der Waals surface area contributed by atoms with Gasteiger partial charge in [0.05, 0.1) is 18.7 Å². The molecule has 0 aliphatic heterocycles. The fraction of sp³-hybridized carbons (Fsp3) is 0.273. The molecule has 17 heavy (non-hydrogen) atoms. The van der Waals surface area contributed by atoms with Crippen molar-refractivity contribution in [3.63, 3.8) is 0 Å². The molecule has 0 saturated heterocycles. The molecule has 4 N–H and O–H groups in total. The van der Waals surface area contributed by atoms with Crippen LogP contribution in [0.15, 0.2) is 18.2 Å². The van der Waals surface area contributed by atoms with Gasteiger partial charge in [-0.25, -0.2) is 4.79 Å². The summed E-state index contributed by atoms with van der Waals surface area (Å²) in [5.74, 6) is -0.698. The van der Waals surface area contributed by atoms with E-state index >= 15 is 0 Å². The molecule has 0 amide bonds. The monoisotopic (exact) mass is 236 g/mol. The van der Waals surface area contributed by atoms with Crippen LogP contribution in [0.2, 0.25) is 0 Å². The minimum Gasteiger partial charge on any atom is -0.465 e. The Kier molecular flexibility index (Phi) is 4.04. The van der Waals surface area contributed by atoms with Crippen molar-refractivity contribution in [3.05, 3.63) is 29.3 Å². The molecule has 6 heteroatoms. The molecule has 0 aliphatic rings. The van der Waals surface area contributed by atoms with E-state index in [2.05, 4.69) is 4.74 Å². The average molecular weight is 236 g/mol. The van der Waals surface area contributed by atoms with E-state index in [4.69, 9.17) is 11.0 Å². The van der Waals surface area contributed by atoms with Gasteiger partial charge in [0.25, 0.3) is 0 Å². The highest BCUT2D eigenvalue weighted by atomic mass is 16.5. The number of benzene rings is 1. The van der Waals surface area contributed by atoms with Crippen LogP contribution in [0.1, 0.15) is 22.0 Å². The maximum Gasteiger partial charge on any atom is 0.338 e. The predicted octanol–water partition coefficient (Wildman–Crippen LogP) is -0.0267. The van der Waals surface area contributed by atoms with Gasteiger partial charge in [-0.1, -0.05) is 6.07 Å². The van der Waals surface area contributed by atoms with Crippen LogP contribution >= 0.6 is 0 Å². The number of esters is 1. The van der Waals surface area contributed by atoms with E-state index < -0.39 is 18.2 Å². The standard InChI is InChI=1S/C11H12N2O4/c1-17-11(16)8-4-6(13)2-3-7(8)10(15)9(14)5-12/h2-4,9-10,14-15H,13H2,1H3. The summed E-state index contributed by atoms with van der Waals surface area (Å²) in [5.41, 5.74) is 5.94. The normalized spacial score (nSPS) is 13.5. The fourth-order valence-electron chi connectivity index (χ4n) is 1.36. The van der Waals surface area contributed by atoms with Gasteiger partial charge in [0.15, 0.2) is 6.10 Å². The number of aliphatic hydroxyl groups excluding tert-OH is 2. The Bertz CT molecular complexity index is 467. The lowest BCUT2D eigenvalue weighted by Gasteiger charge is -2.15. The van der Waals surface area contributed by atoms with E-state index in [1.54, 1.807) is 0 Å². The number of nitrogen functional groups attached to an aromatic ring is 1. The Balaban J connectivity index is 3.24. The number of ether oxygens (including phenoxy) is 1. The quantitative estimate of drug-likeness (QED) is 0.385. The van der Waals surface area contributed by atoms with Crippen molar-refractivity contribution in [1.82, 2.24) is 0 Å². The number of hydrogen-bond acceptors (Lipinski definition) is 6. The minimum absolute atomic E-state index is 0.0225. The van der Waals surface area contributed by atoms with Gasteiger partial charge in [0.2, 0.25) is 0 Å². The van der Waals surface area contributed by atoms with Crippen molar-refractivity contribution in [3.8, 4) is 6.07 Å². The van der Waals surface area contributed by atoms with Crippen molar-refractivity contribution >= 4 is 11.7 Å². The van der Waals surface area contributed by atoms with E-state index in [1.807, 2.05) is 0 Å². The van der Waals surface area contributed by atoms with Crippen molar-refractivity contribution in [2.24, 2.45) is 0 Å². The SMILES string of the molecule is COC(=O)c1cc(N)ccc1C(O)C(O)C#N. The lowest BCUT2D eigenvalue weighted by atomic mass is 9.98. The molecular weight excluding hydrogens is 224 g/mol. The summed E-state index contributed by atoms with van der Waals surface area (Å²) in [6.45, 7) is 0. The zero-order chi connectivity index (χ0) is 13.0. The molecule has 1 aromatic rings. The van der Waals surface area contributed by atoms with Crippen LogP contribution in [-0.4, -0.2) is 29.4 Å². The molecule has 0 fully saturated rings. The minimum atomic E-state index is -1.62. The highest BCUT2D eigenvalue weighted by Gasteiger charge is 2.24. The Morgan fingerprint density at radius 1 is 1.53 bits per heavy atom. The van der Waals surface area contributed by atoms with Crippen LogP contribution in [0, 0.1) is 11.3 Å². The first-order valence-corrected chi connectivity index (χ1v) is 4.74. The van der Waals surface area contributed by atoms with E-state index in [0.29, 0.717) is 5.69 Å². The summed E-state index contributed by atoms with van der Waals surface area (Å²) in [4.78, 5) is 11.4. The number of anilines is 1. The molecule has 0 aromatic heterocycles. The summed E-state index contributed by atoms with van der Waals surface area (Å²) in [6, 6.07) is 5.62.